The summed E-state index contributed by atoms with van der Waals surface area (Å²) in [6.07, 6.45) is -0.179. The number of esters is 2. The first-order valence-electron chi connectivity index (χ1n) is 13.0. The van der Waals surface area contributed by atoms with Gasteiger partial charge in [-0.25, -0.2) is 9.59 Å². The number of benzene rings is 3. The summed E-state index contributed by atoms with van der Waals surface area (Å²) < 4.78 is 10.1. The second kappa shape index (κ2) is 12.6. The van der Waals surface area contributed by atoms with Crippen molar-refractivity contribution in [1.82, 2.24) is 5.32 Å². The minimum absolute atomic E-state index is 0.00456. The molecule has 4 rings (SSSR count). The number of amides is 1. The summed E-state index contributed by atoms with van der Waals surface area (Å²) >= 11 is 6.04. The average molecular weight is 565 g/mol. The molecule has 9 heteroatoms. The Morgan fingerprint density at radius 2 is 1.68 bits per heavy atom. The van der Waals surface area contributed by atoms with Gasteiger partial charge in [0.05, 0.1) is 26.7 Å². The summed E-state index contributed by atoms with van der Waals surface area (Å²) in [5.74, 6) is -2.13. The molecule has 1 aliphatic rings. The quantitative estimate of drug-likeness (QED) is 0.285. The normalized spacial score (nSPS) is 15.2. The molecule has 0 fully saturated rings. The lowest BCUT2D eigenvalue weighted by molar-refractivity contribution is -0.162. The average Bonchev–Trinajstić information content (AvgIpc) is 3.31. The third kappa shape index (κ3) is 6.04. The molecule has 40 heavy (non-hydrogen) atoms. The number of halogens is 1. The zero-order chi connectivity index (χ0) is 28.9. The van der Waals surface area contributed by atoms with Gasteiger partial charge >= 0.3 is 11.9 Å². The van der Waals surface area contributed by atoms with Crippen LogP contribution in [-0.2, 0) is 43.1 Å². The van der Waals surface area contributed by atoms with E-state index < -0.39 is 29.5 Å². The Balaban J connectivity index is 1.56. The maximum atomic E-state index is 13.7. The van der Waals surface area contributed by atoms with Crippen LogP contribution in [0.15, 0.2) is 72.8 Å². The van der Waals surface area contributed by atoms with Crippen molar-refractivity contribution < 1.29 is 29.0 Å². The van der Waals surface area contributed by atoms with E-state index in [-0.39, 0.29) is 18.9 Å². The van der Waals surface area contributed by atoms with E-state index in [0.717, 1.165) is 16.7 Å². The fourth-order valence-corrected chi connectivity index (χ4v) is 5.40. The molecule has 0 saturated heterocycles. The predicted octanol–water partition coefficient (Wildman–Crippen LogP) is 3.81. The monoisotopic (exact) mass is 564 g/mol. The van der Waals surface area contributed by atoms with E-state index >= 15 is 0 Å². The van der Waals surface area contributed by atoms with E-state index in [2.05, 4.69) is 5.32 Å². The number of aliphatic hydroxyl groups is 1. The molecule has 0 spiro atoms. The smallest absolute Gasteiger partial charge is 0.344 e. The number of hydrogen-bond acceptors (Lipinski definition) is 7. The predicted molar refractivity (Wildman–Crippen MR) is 152 cm³/mol. The van der Waals surface area contributed by atoms with Gasteiger partial charge in [-0.05, 0) is 53.8 Å². The summed E-state index contributed by atoms with van der Waals surface area (Å²) in [5.41, 5.74) is 1.60. The topological polar surface area (TPSA) is 105 Å². The standard InChI is InChI=1S/C31H33ClN2O6/c1-20(33-19-27(35)23-10-7-11-25(32)17-23)14-22-12-13-26-24(15-22)18-31(29(37)39-2,30(38)40-3)34(26)28(36)16-21-8-5-4-6-9-21/h4-13,15,17,20,27,33,35H,14,16,18-19H2,1-3H3/t20?,27-/m0/s1. The fourth-order valence-electron chi connectivity index (χ4n) is 5.20. The molecule has 2 N–H and O–H groups in total. The first kappa shape index (κ1) is 29.3. The summed E-state index contributed by atoms with van der Waals surface area (Å²) in [4.78, 5) is 41.2. The molecule has 8 nitrogen and oxygen atoms in total. The van der Waals surface area contributed by atoms with Crippen molar-refractivity contribution >= 4 is 35.1 Å². The first-order chi connectivity index (χ1) is 19.2. The minimum Gasteiger partial charge on any atom is -0.467 e. The molecule has 2 atom stereocenters. The van der Waals surface area contributed by atoms with Crippen LogP contribution in [0.3, 0.4) is 0 Å². The van der Waals surface area contributed by atoms with Gasteiger partial charge in [0.2, 0.25) is 11.4 Å². The zero-order valence-electron chi connectivity index (χ0n) is 22.7. The molecule has 3 aromatic carbocycles. The second-order valence-electron chi connectivity index (χ2n) is 9.96. The third-order valence-corrected chi connectivity index (χ3v) is 7.38. The summed E-state index contributed by atoms with van der Waals surface area (Å²) in [7, 11) is 2.37. The number of methoxy groups -OCH3 is 2. The largest absolute Gasteiger partial charge is 0.467 e. The van der Waals surface area contributed by atoms with Crippen molar-refractivity contribution in [2.75, 3.05) is 25.7 Å². The van der Waals surface area contributed by atoms with Gasteiger partial charge in [-0.15, -0.1) is 0 Å². The highest BCUT2D eigenvalue weighted by molar-refractivity contribution is 6.30. The Kier molecular flexibility index (Phi) is 9.25. The van der Waals surface area contributed by atoms with Gasteiger partial charge in [0.1, 0.15) is 0 Å². The lowest BCUT2D eigenvalue weighted by Crippen LogP contribution is -2.62. The molecule has 1 aliphatic heterocycles. The Hall–Kier alpha value is -3.72. The van der Waals surface area contributed by atoms with E-state index in [4.69, 9.17) is 21.1 Å². The number of carbonyl (C=O) groups is 3. The van der Waals surface area contributed by atoms with Crippen LogP contribution in [-0.4, -0.2) is 55.3 Å². The van der Waals surface area contributed by atoms with Crippen LogP contribution in [0.1, 0.15) is 35.3 Å². The van der Waals surface area contributed by atoms with E-state index in [1.165, 1.54) is 19.1 Å². The van der Waals surface area contributed by atoms with Crippen LogP contribution >= 0.6 is 11.6 Å². The zero-order valence-corrected chi connectivity index (χ0v) is 23.5. The molecule has 1 amide bonds. The summed E-state index contributed by atoms with van der Waals surface area (Å²) in [6.45, 7) is 2.34. The molecular weight excluding hydrogens is 532 g/mol. The van der Waals surface area contributed by atoms with Crippen molar-refractivity contribution in [2.24, 2.45) is 0 Å². The van der Waals surface area contributed by atoms with Crippen molar-refractivity contribution in [2.45, 2.75) is 43.9 Å². The first-order valence-corrected chi connectivity index (χ1v) is 13.4. The van der Waals surface area contributed by atoms with E-state index in [1.54, 1.807) is 24.3 Å². The van der Waals surface area contributed by atoms with E-state index in [1.807, 2.05) is 55.5 Å². The minimum atomic E-state index is -1.96. The van der Waals surface area contributed by atoms with Gasteiger partial charge in [-0.3, -0.25) is 9.69 Å². The highest BCUT2D eigenvalue weighted by Crippen LogP contribution is 2.42. The number of nitrogens with zero attached hydrogens (tertiary/aromatic N) is 1. The molecule has 210 valence electrons. The molecule has 1 heterocycles. The van der Waals surface area contributed by atoms with Crippen LogP contribution < -0.4 is 10.2 Å². The van der Waals surface area contributed by atoms with Gasteiger partial charge in [0, 0.05) is 29.7 Å². The maximum absolute atomic E-state index is 13.7. The summed E-state index contributed by atoms with van der Waals surface area (Å²) in [5, 5.41) is 14.4. The van der Waals surface area contributed by atoms with Crippen molar-refractivity contribution in [3.8, 4) is 0 Å². The van der Waals surface area contributed by atoms with Crippen molar-refractivity contribution in [3.05, 3.63) is 100 Å². The fraction of sp³-hybridized carbons (Fsp3) is 0.323. The lowest BCUT2D eigenvalue weighted by atomic mass is 9.92. The molecule has 0 aliphatic carbocycles. The number of hydrogen-bond donors (Lipinski definition) is 2. The summed E-state index contributed by atoms with van der Waals surface area (Å²) in [6, 6.07) is 21.8. The van der Waals surface area contributed by atoms with Gasteiger partial charge in [0.25, 0.3) is 0 Å². The van der Waals surface area contributed by atoms with Gasteiger partial charge in [-0.2, -0.15) is 0 Å². The molecule has 0 aromatic heterocycles. The van der Waals surface area contributed by atoms with Crippen LogP contribution in [0.5, 0.6) is 0 Å². The maximum Gasteiger partial charge on any atom is 0.344 e. The molecule has 0 saturated carbocycles. The molecule has 0 radical (unpaired) electrons. The lowest BCUT2D eigenvalue weighted by Gasteiger charge is -2.33. The van der Waals surface area contributed by atoms with Crippen LogP contribution in [0.4, 0.5) is 5.69 Å². The van der Waals surface area contributed by atoms with Crippen molar-refractivity contribution in [1.29, 1.82) is 0 Å². The van der Waals surface area contributed by atoms with Gasteiger partial charge < -0.3 is 19.9 Å². The number of aliphatic hydroxyl groups excluding tert-OH is 1. The van der Waals surface area contributed by atoms with Crippen molar-refractivity contribution in [3.63, 3.8) is 0 Å². The Labute approximate surface area is 238 Å². The number of rotatable bonds is 10. The van der Waals surface area contributed by atoms with Crippen LogP contribution in [0, 0.1) is 0 Å². The number of nitrogens with one attached hydrogen (secondary N) is 1. The Bertz CT molecular complexity index is 1360. The van der Waals surface area contributed by atoms with Crippen LogP contribution in [0.2, 0.25) is 5.02 Å². The molecule has 1 unspecified atom stereocenters. The molecular formula is C31H33ClN2O6. The van der Waals surface area contributed by atoms with Gasteiger partial charge in [0.15, 0.2) is 0 Å². The van der Waals surface area contributed by atoms with E-state index in [9.17, 15) is 19.5 Å². The Morgan fingerprint density at radius 1 is 0.975 bits per heavy atom. The highest BCUT2D eigenvalue weighted by atomic mass is 35.5. The van der Waals surface area contributed by atoms with Crippen LogP contribution in [0.25, 0.3) is 0 Å². The number of ether oxygens (including phenoxy) is 2. The second-order valence-corrected chi connectivity index (χ2v) is 10.4. The highest BCUT2D eigenvalue weighted by Gasteiger charge is 2.60. The molecule has 0 bridgehead atoms. The Morgan fingerprint density at radius 3 is 2.33 bits per heavy atom. The van der Waals surface area contributed by atoms with E-state index in [0.29, 0.717) is 29.2 Å². The third-order valence-electron chi connectivity index (χ3n) is 7.14. The molecule has 3 aromatic rings. The number of fused-ring (bicyclic) bond motifs is 1. The van der Waals surface area contributed by atoms with Gasteiger partial charge in [-0.1, -0.05) is 66.2 Å². The number of anilines is 1. The SMILES string of the molecule is COC(=O)C1(C(=O)OC)Cc2cc(CC(C)NC[C@H](O)c3cccc(Cl)c3)ccc2N1C(=O)Cc1ccccc1. The number of carbonyl (C=O) groups excluding carboxylic acids is 3.